The average molecular weight is 335 g/mol. The minimum Gasteiger partial charge on any atom is -0.379 e. The molecule has 0 bridgehead atoms. The van der Waals surface area contributed by atoms with Crippen LogP contribution in [0.2, 0.25) is 0 Å². The molecule has 6 heteroatoms. The Morgan fingerprint density at radius 3 is 2.57 bits per heavy atom. The van der Waals surface area contributed by atoms with Crippen LogP contribution in [0, 0.1) is 11.3 Å². The van der Waals surface area contributed by atoms with Crippen molar-refractivity contribution in [1.29, 1.82) is 0 Å². The van der Waals surface area contributed by atoms with Crippen molar-refractivity contribution >= 4 is 29.1 Å². The quantitative estimate of drug-likeness (QED) is 0.741. The molecule has 3 rings (SSSR count). The highest BCUT2D eigenvalue weighted by molar-refractivity contribution is 6.53. The molecule has 1 aliphatic carbocycles. The van der Waals surface area contributed by atoms with Crippen molar-refractivity contribution < 1.29 is 9.53 Å². The number of morpholine rings is 1. The van der Waals surface area contributed by atoms with Gasteiger partial charge in [-0.3, -0.25) is 9.69 Å². The normalized spacial score (nSPS) is 36.5. The van der Waals surface area contributed by atoms with Gasteiger partial charge in [-0.1, -0.05) is 0 Å². The molecule has 0 aromatic heterocycles. The van der Waals surface area contributed by atoms with E-state index in [2.05, 4.69) is 4.90 Å². The number of carbonyl (C=O) groups excluding carboxylic acids is 1. The first kappa shape index (κ1) is 15.9. The summed E-state index contributed by atoms with van der Waals surface area (Å²) in [6, 6.07) is 0. The molecule has 1 saturated carbocycles. The van der Waals surface area contributed by atoms with E-state index in [1.165, 1.54) is 6.42 Å². The number of rotatable bonds is 3. The molecule has 2 aliphatic heterocycles. The number of alkyl halides is 2. The van der Waals surface area contributed by atoms with Crippen molar-refractivity contribution in [3.05, 3.63) is 0 Å². The Balaban J connectivity index is 1.54. The van der Waals surface area contributed by atoms with Crippen LogP contribution in [0.1, 0.15) is 26.2 Å². The molecular formula is C15H24Cl2N2O2. The van der Waals surface area contributed by atoms with Crippen LogP contribution in [0.25, 0.3) is 0 Å². The van der Waals surface area contributed by atoms with Crippen molar-refractivity contribution in [1.82, 2.24) is 9.80 Å². The fourth-order valence-electron chi connectivity index (χ4n) is 3.53. The van der Waals surface area contributed by atoms with Crippen LogP contribution in [0.5, 0.6) is 0 Å². The van der Waals surface area contributed by atoms with Crippen molar-refractivity contribution in [3.63, 3.8) is 0 Å². The molecule has 3 aliphatic rings. The van der Waals surface area contributed by atoms with Gasteiger partial charge in [0.25, 0.3) is 0 Å². The van der Waals surface area contributed by atoms with Gasteiger partial charge in [0.15, 0.2) is 0 Å². The number of halogens is 2. The Labute approximate surface area is 136 Å². The maximum absolute atomic E-state index is 12.7. The minimum atomic E-state index is -0.860. The molecule has 2 saturated heterocycles. The number of likely N-dealkylation sites (tertiary alicyclic amines) is 1. The fraction of sp³-hybridized carbons (Fsp3) is 0.933. The molecule has 4 nitrogen and oxygen atoms in total. The van der Waals surface area contributed by atoms with E-state index in [1.54, 1.807) is 0 Å². The van der Waals surface area contributed by atoms with Crippen molar-refractivity contribution in [2.24, 2.45) is 11.3 Å². The topological polar surface area (TPSA) is 32.8 Å². The summed E-state index contributed by atoms with van der Waals surface area (Å²) in [5.74, 6) is 0.697. The predicted octanol–water partition coefficient (Wildman–Crippen LogP) is 2.14. The highest BCUT2D eigenvalue weighted by Crippen LogP contribution is 2.64. The number of ether oxygens (including phenoxy) is 1. The molecule has 120 valence electrons. The summed E-state index contributed by atoms with van der Waals surface area (Å²) in [6.07, 6.45) is 2.85. The van der Waals surface area contributed by atoms with Crippen molar-refractivity contribution in [2.45, 2.75) is 30.5 Å². The van der Waals surface area contributed by atoms with Crippen LogP contribution in [0.15, 0.2) is 0 Å². The third kappa shape index (κ3) is 3.19. The first-order valence-corrected chi connectivity index (χ1v) is 8.65. The average Bonchev–Trinajstić information content (AvgIpc) is 2.99. The molecule has 0 radical (unpaired) electrons. The van der Waals surface area contributed by atoms with Gasteiger partial charge in [-0.15, -0.1) is 23.2 Å². The van der Waals surface area contributed by atoms with Gasteiger partial charge in [0.1, 0.15) is 4.33 Å². The zero-order chi connectivity index (χ0) is 15.1. The Hall–Kier alpha value is -0.0300. The SMILES string of the molecule is C[C@@]1(C(=O)N2CCC[C@@H](CN3CCOCC3)C2)CC1(Cl)Cl. The van der Waals surface area contributed by atoms with E-state index in [-0.39, 0.29) is 5.91 Å². The number of nitrogens with zero attached hydrogens (tertiary/aromatic N) is 2. The molecule has 21 heavy (non-hydrogen) atoms. The zero-order valence-electron chi connectivity index (χ0n) is 12.6. The Kier molecular flexibility index (Phi) is 4.44. The Bertz CT molecular complexity index is 412. The molecule has 0 aromatic rings. The maximum Gasteiger partial charge on any atom is 0.231 e. The maximum atomic E-state index is 12.7. The van der Waals surface area contributed by atoms with Crippen LogP contribution in [-0.2, 0) is 9.53 Å². The zero-order valence-corrected chi connectivity index (χ0v) is 14.1. The number of hydrogen-bond donors (Lipinski definition) is 0. The van der Waals surface area contributed by atoms with Gasteiger partial charge in [0, 0.05) is 32.7 Å². The number of amides is 1. The fourth-order valence-corrected chi connectivity index (χ4v) is 4.22. The standard InChI is InChI=1S/C15H24Cl2N2O2/c1-14(11-15(14,16)17)13(20)19-4-2-3-12(10-19)9-18-5-7-21-8-6-18/h12H,2-11H2,1H3/t12-,14-/m0/s1. The van der Waals surface area contributed by atoms with E-state index in [4.69, 9.17) is 27.9 Å². The van der Waals surface area contributed by atoms with Crippen molar-refractivity contribution in [3.8, 4) is 0 Å². The first-order valence-electron chi connectivity index (χ1n) is 7.90. The largest absolute Gasteiger partial charge is 0.379 e. The number of carbonyl (C=O) groups is 1. The lowest BCUT2D eigenvalue weighted by Gasteiger charge is -2.38. The van der Waals surface area contributed by atoms with Crippen LogP contribution < -0.4 is 0 Å². The van der Waals surface area contributed by atoms with E-state index in [0.717, 1.165) is 52.4 Å². The smallest absolute Gasteiger partial charge is 0.231 e. The molecule has 0 spiro atoms. The van der Waals surface area contributed by atoms with Crippen LogP contribution in [0.3, 0.4) is 0 Å². The molecule has 0 aromatic carbocycles. The highest BCUT2D eigenvalue weighted by atomic mass is 35.5. The van der Waals surface area contributed by atoms with E-state index in [1.807, 2.05) is 11.8 Å². The van der Waals surface area contributed by atoms with E-state index >= 15 is 0 Å². The Morgan fingerprint density at radius 1 is 1.29 bits per heavy atom. The second-order valence-corrected chi connectivity index (χ2v) is 8.37. The summed E-state index contributed by atoms with van der Waals surface area (Å²) in [5.41, 5.74) is -0.572. The predicted molar refractivity (Wildman–Crippen MR) is 83.7 cm³/mol. The number of piperidine rings is 1. The van der Waals surface area contributed by atoms with E-state index in [9.17, 15) is 4.79 Å². The van der Waals surface area contributed by atoms with Gasteiger partial charge in [-0.05, 0) is 32.1 Å². The van der Waals surface area contributed by atoms with Gasteiger partial charge in [-0.25, -0.2) is 0 Å². The van der Waals surface area contributed by atoms with Crippen LogP contribution >= 0.6 is 23.2 Å². The first-order chi connectivity index (χ1) is 9.92. The summed E-state index contributed by atoms with van der Waals surface area (Å²) in [5, 5.41) is 0. The summed E-state index contributed by atoms with van der Waals surface area (Å²) >= 11 is 12.3. The highest BCUT2D eigenvalue weighted by Gasteiger charge is 2.68. The van der Waals surface area contributed by atoms with E-state index < -0.39 is 9.75 Å². The van der Waals surface area contributed by atoms with E-state index in [0.29, 0.717) is 12.3 Å². The minimum absolute atomic E-state index is 0.138. The molecule has 0 N–H and O–H groups in total. The van der Waals surface area contributed by atoms with Gasteiger partial charge in [0.2, 0.25) is 5.91 Å². The molecule has 2 atom stereocenters. The van der Waals surface area contributed by atoms with Gasteiger partial charge >= 0.3 is 0 Å². The summed E-state index contributed by atoms with van der Waals surface area (Å²) < 4.78 is 4.53. The summed E-state index contributed by atoms with van der Waals surface area (Å²) in [4.78, 5) is 17.1. The van der Waals surface area contributed by atoms with Gasteiger partial charge in [0.05, 0.1) is 18.6 Å². The molecule has 1 amide bonds. The summed E-state index contributed by atoms with van der Waals surface area (Å²) in [6.45, 7) is 8.32. The van der Waals surface area contributed by atoms with Crippen molar-refractivity contribution in [2.75, 3.05) is 45.9 Å². The van der Waals surface area contributed by atoms with Gasteiger partial charge < -0.3 is 9.64 Å². The third-order valence-corrected chi connectivity index (χ3v) is 6.26. The molecule has 3 fully saturated rings. The second-order valence-electron chi connectivity index (χ2n) is 6.89. The second kappa shape index (κ2) is 5.88. The lowest BCUT2D eigenvalue weighted by atomic mass is 9.95. The molecule has 0 unspecified atom stereocenters. The number of hydrogen-bond acceptors (Lipinski definition) is 3. The molecular weight excluding hydrogens is 311 g/mol. The third-order valence-electron chi connectivity index (χ3n) is 5.16. The van der Waals surface area contributed by atoms with Crippen LogP contribution in [-0.4, -0.2) is 66.0 Å². The van der Waals surface area contributed by atoms with Crippen LogP contribution in [0.4, 0.5) is 0 Å². The molecule has 2 heterocycles. The van der Waals surface area contributed by atoms with Gasteiger partial charge in [-0.2, -0.15) is 0 Å². The monoisotopic (exact) mass is 334 g/mol. The Morgan fingerprint density at radius 2 is 1.95 bits per heavy atom. The lowest BCUT2D eigenvalue weighted by molar-refractivity contribution is -0.138. The lowest BCUT2D eigenvalue weighted by Crippen LogP contribution is -2.48. The summed E-state index contributed by atoms with van der Waals surface area (Å²) in [7, 11) is 0.